The summed E-state index contributed by atoms with van der Waals surface area (Å²) in [6, 6.07) is 4.51. The minimum Gasteiger partial charge on any atom is -0.366 e. The van der Waals surface area contributed by atoms with Crippen LogP contribution in [0.4, 0.5) is 5.69 Å². The first-order valence-electron chi connectivity index (χ1n) is 5.64. The van der Waals surface area contributed by atoms with E-state index in [-0.39, 0.29) is 5.91 Å². The summed E-state index contributed by atoms with van der Waals surface area (Å²) < 4.78 is 0. The molecule has 0 saturated carbocycles. The normalized spacial score (nSPS) is 10.1. The van der Waals surface area contributed by atoms with E-state index in [4.69, 9.17) is 17.3 Å². The van der Waals surface area contributed by atoms with Crippen LogP contribution in [0.3, 0.4) is 0 Å². The van der Waals surface area contributed by atoms with Gasteiger partial charge in [0, 0.05) is 18.5 Å². The summed E-state index contributed by atoms with van der Waals surface area (Å²) in [5, 5.41) is 6.06. The van der Waals surface area contributed by atoms with Crippen LogP contribution in [0.5, 0.6) is 0 Å². The number of primary amides is 1. The first-order chi connectivity index (χ1) is 8.54. The van der Waals surface area contributed by atoms with Gasteiger partial charge in [0.25, 0.3) is 0 Å². The zero-order chi connectivity index (χ0) is 13.5. The van der Waals surface area contributed by atoms with Crippen molar-refractivity contribution in [3.63, 3.8) is 0 Å². The molecule has 0 aromatic heterocycles. The number of amides is 2. The molecule has 0 spiro atoms. The van der Waals surface area contributed by atoms with E-state index < -0.39 is 5.91 Å². The molecule has 0 atom stereocenters. The molecule has 0 saturated heterocycles. The number of hydrogen-bond donors (Lipinski definition) is 3. The SMILES string of the molecule is CCNCCC(=O)Nc1cc(C(N)=O)ccc1Cl. The summed E-state index contributed by atoms with van der Waals surface area (Å²) in [4.78, 5) is 22.6. The Labute approximate surface area is 111 Å². The largest absolute Gasteiger partial charge is 0.366 e. The Balaban J connectivity index is 2.68. The van der Waals surface area contributed by atoms with Crippen molar-refractivity contribution >= 4 is 29.1 Å². The van der Waals surface area contributed by atoms with Gasteiger partial charge in [0.2, 0.25) is 11.8 Å². The van der Waals surface area contributed by atoms with Gasteiger partial charge in [-0.15, -0.1) is 0 Å². The first-order valence-corrected chi connectivity index (χ1v) is 6.02. The zero-order valence-electron chi connectivity index (χ0n) is 10.1. The number of anilines is 1. The number of nitrogens with one attached hydrogen (secondary N) is 2. The number of hydrogen-bond acceptors (Lipinski definition) is 3. The molecule has 1 aromatic rings. The van der Waals surface area contributed by atoms with Gasteiger partial charge in [0.15, 0.2) is 0 Å². The molecular weight excluding hydrogens is 254 g/mol. The fraction of sp³-hybridized carbons (Fsp3) is 0.333. The van der Waals surface area contributed by atoms with Crippen molar-refractivity contribution in [3.8, 4) is 0 Å². The zero-order valence-corrected chi connectivity index (χ0v) is 10.9. The topological polar surface area (TPSA) is 84.2 Å². The lowest BCUT2D eigenvalue weighted by atomic mass is 10.2. The Hall–Kier alpha value is -1.59. The van der Waals surface area contributed by atoms with Crippen molar-refractivity contribution in [2.75, 3.05) is 18.4 Å². The van der Waals surface area contributed by atoms with E-state index in [0.717, 1.165) is 6.54 Å². The number of nitrogens with two attached hydrogens (primary N) is 1. The lowest BCUT2D eigenvalue weighted by Crippen LogP contribution is -2.21. The van der Waals surface area contributed by atoms with E-state index in [1.54, 1.807) is 0 Å². The number of carbonyl (C=O) groups excluding carboxylic acids is 2. The molecule has 0 fully saturated rings. The van der Waals surface area contributed by atoms with Crippen LogP contribution in [0.15, 0.2) is 18.2 Å². The monoisotopic (exact) mass is 269 g/mol. The fourth-order valence-electron chi connectivity index (χ4n) is 1.37. The molecule has 0 heterocycles. The quantitative estimate of drug-likeness (QED) is 0.682. The lowest BCUT2D eigenvalue weighted by molar-refractivity contribution is -0.116. The highest BCUT2D eigenvalue weighted by Crippen LogP contribution is 2.22. The summed E-state index contributed by atoms with van der Waals surface area (Å²) >= 11 is 5.92. The standard InChI is InChI=1S/C12H16ClN3O2/c1-2-15-6-5-11(17)16-10-7-8(12(14)18)3-4-9(10)13/h3-4,7,15H,2,5-6H2,1H3,(H2,14,18)(H,16,17). The molecule has 0 aliphatic carbocycles. The Kier molecular flexibility index (Phi) is 5.61. The fourth-order valence-corrected chi connectivity index (χ4v) is 1.53. The highest BCUT2D eigenvalue weighted by atomic mass is 35.5. The molecule has 2 amide bonds. The van der Waals surface area contributed by atoms with Crippen LogP contribution < -0.4 is 16.4 Å². The summed E-state index contributed by atoms with van der Waals surface area (Å²) in [5.74, 6) is -0.728. The van der Waals surface area contributed by atoms with Gasteiger partial charge in [-0.3, -0.25) is 9.59 Å². The second kappa shape index (κ2) is 6.98. The molecule has 4 N–H and O–H groups in total. The van der Waals surface area contributed by atoms with Crippen LogP contribution >= 0.6 is 11.6 Å². The smallest absolute Gasteiger partial charge is 0.248 e. The molecule has 6 heteroatoms. The number of rotatable bonds is 6. The van der Waals surface area contributed by atoms with E-state index >= 15 is 0 Å². The van der Waals surface area contributed by atoms with Crippen LogP contribution in [-0.4, -0.2) is 24.9 Å². The van der Waals surface area contributed by atoms with E-state index in [1.807, 2.05) is 6.92 Å². The van der Waals surface area contributed by atoms with Gasteiger partial charge in [-0.25, -0.2) is 0 Å². The van der Waals surface area contributed by atoms with Crippen LogP contribution in [0.2, 0.25) is 5.02 Å². The van der Waals surface area contributed by atoms with Gasteiger partial charge in [-0.2, -0.15) is 0 Å². The molecule has 98 valence electrons. The van der Waals surface area contributed by atoms with E-state index in [9.17, 15) is 9.59 Å². The summed E-state index contributed by atoms with van der Waals surface area (Å²) in [6.07, 6.45) is 0.338. The molecule has 0 aliphatic rings. The van der Waals surface area contributed by atoms with Gasteiger partial charge in [-0.1, -0.05) is 18.5 Å². The van der Waals surface area contributed by atoms with Gasteiger partial charge in [-0.05, 0) is 24.7 Å². The molecule has 18 heavy (non-hydrogen) atoms. The Morgan fingerprint density at radius 3 is 2.72 bits per heavy atom. The highest BCUT2D eigenvalue weighted by molar-refractivity contribution is 6.33. The molecule has 1 rings (SSSR count). The van der Waals surface area contributed by atoms with Crippen LogP contribution in [0.25, 0.3) is 0 Å². The highest BCUT2D eigenvalue weighted by Gasteiger charge is 2.08. The maximum absolute atomic E-state index is 11.6. The summed E-state index contributed by atoms with van der Waals surface area (Å²) in [7, 11) is 0. The van der Waals surface area contributed by atoms with Crippen LogP contribution in [-0.2, 0) is 4.79 Å². The molecule has 5 nitrogen and oxygen atoms in total. The predicted octanol–water partition coefficient (Wildman–Crippen LogP) is 1.38. The van der Waals surface area contributed by atoms with Crippen LogP contribution in [0.1, 0.15) is 23.7 Å². The van der Waals surface area contributed by atoms with Crippen molar-refractivity contribution in [2.45, 2.75) is 13.3 Å². The van der Waals surface area contributed by atoms with Gasteiger partial charge in [0.1, 0.15) is 0 Å². The average molecular weight is 270 g/mol. The minimum absolute atomic E-state index is 0.167. The third kappa shape index (κ3) is 4.35. The van der Waals surface area contributed by atoms with Gasteiger partial charge in [0.05, 0.1) is 10.7 Å². The van der Waals surface area contributed by atoms with Crippen molar-refractivity contribution in [1.29, 1.82) is 0 Å². The van der Waals surface area contributed by atoms with Crippen molar-refractivity contribution in [3.05, 3.63) is 28.8 Å². The molecular formula is C12H16ClN3O2. The van der Waals surface area contributed by atoms with Crippen molar-refractivity contribution in [1.82, 2.24) is 5.32 Å². The molecule has 0 unspecified atom stereocenters. The van der Waals surface area contributed by atoms with E-state index in [1.165, 1.54) is 18.2 Å². The van der Waals surface area contributed by atoms with Crippen molar-refractivity contribution < 1.29 is 9.59 Å². The maximum atomic E-state index is 11.6. The van der Waals surface area contributed by atoms with E-state index in [0.29, 0.717) is 29.2 Å². The van der Waals surface area contributed by atoms with Crippen molar-refractivity contribution in [2.24, 2.45) is 5.73 Å². The Bertz CT molecular complexity index is 449. The lowest BCUT2D eigenvalue weighted by Gasteiger charge is -2.08. The second-order valence-electron chi connectivity index (χ2n) is 3.71. The molecule has 1 aromatic carbocycles. The molecule has 0 aliphatic heterocycles. The Morgan fingerprint density at radius 1 is 1.39 bits per heavy atom. The third-order valence-corrected chi connectivity index (χ3v) is 2.63. The maximum Gasteiger partial charge on any atom is 0.248 e. The number of carbonyl (C=O) groups is 2. The van der Waals surface area contributed by atoms with Gasteiger partial charge >= 0.3 is 0 Å². The van der Waals surface area contributed by atoms with Gasteiger partial charge < -0.3 is 16.4 Å². The minimum atomic E-state index is -0.560. The molecule has 0 radical (unpaired) electrons. The average Bonchev–Trinajstić information content (AvgIpc) is 2.32. The first kappa shape index (κ1) is 14.5. The molecule has 0 bridgehead atoms. The summed E-state index contributed by atoms with van der Waals surface area (Å²) in [6.45, 7) is 3.37. The summed E-state index contributed by atoms with van der Waals surface area (Å²) in [5.41, 5.74) is 5.86. The van der Waals surface area contributed by atoms with Crippen LogP contribution in [0, 0.1) is 0 Å². The van der Waals surface area contributed by atoms with E-state index in [2.05, 4.69) is 10.6 Å². The second-order valence-corrected chi connectivity index (χ2v) is 4.12. The number of benzene rings is 1. The Morgan fingerprint density at radius 2 is 2.11 bits per heavy atom. The number of halogens is 1. The predicted molar refractivity (Wildman–Crippen MR) is 71.8 cm³/mol. The third-order valence-electron chi connectivity index (χ3n) is 2.30.